The summed E-state index contributed by atoms with van der Waals surface area (Å²) in [6.45, 7) is 4.66. The van der Waals surface area contributed by atoms with Crippen LogP contribution in [0.25, 0.3) is 11.3 Å². The third-order valence-electron chi connectivity index (χ3n) is 3.93. The highest BCUT2D eigenvalue weighted by atomic mass is 16.3. The lowest BCUT2D eigenvalue weighted by Crippen LogP contribution is -2.36. The number of oxazole rings is 1. The fourth-order valence-corrected chi connectivity index (χ4v) is 2.57. The number of aromatic nitrogens is 1. The van der Waals surface area contributed by atoms with Gasteiger partial charge in [-0.15, -0.1) is 0 Å². The van der Waals surface area contributed by atoms with Gasteiger partial charge in [0.25, 0.3) is 5.91 Å². The van der Waals surface area contributed by atoms with Crippen LogP contribution in [0.1, 0.15) is 29.8 Å². The maximum Gasteiger partial charge on any atom is 0.254 e. The number of hydrogen-bond donors (Lipinski definition) is 0. The van der Waals surface area contributed by atoms with Crippen molar-refractivity contribution in [3.8, 4) is 11.3 Å². The molecule has 0 saturated carbocycles. The van der Waals surface area contributed by atoms with Gasteiger partial charge < -0.3 is 9.32 Å². The lowest BCUT2D eigenvalue weighted by molar-refractivity contribution is 0.0690. The summed E-state index contributed by atoms with van der Waals surface area (Å²) in [5.74, 6) is 0.719. The molecule has 4 heteroatoms. The van der Waals surface area contributed by atoms with E-state index in [1.807, 2.05) is 73.3 Å². The van der Waals surface area contributed by atoms with Crippen LogP contribution in [0.2, 0.25) is 0 Å². The molecule has 1 aromatic heterocycles. The van der Waals surface area contributed by atoms with E-state index in [-0.39, 0.29) is 11.9 Å². The largest absolute Gasteiger partial charge is 0.444 e. The molecule has 122 valence electrons. The molecule has 0 saturated heterocycles. The molecule has 0 radical (unpaired) electrons. The van der Waals surface area contributed by atoms with Crippen molar-refractivity contribution in [2.75, 3.05) is 0 Å². The molecule has 0 unspecified atom stereocenters. The van der Waals surface area contributed by atoms with Crippen molar-refractivity contribution >= 4 is 5.91 Å². The number of nitrogens with zero attached hydrogens (tertiary/aromatic N) is 2. The lowest BCUT2D eigenvalue weighted by atomic mass is 10.1. The lowest BCUT2D eigenvalue weighted by Gasteiger charge is -2.27. The van der Waals surface area contributed by atoms with E-state index in [9.17, 15) is 4.79 Å². The minimum Gasteiger partial charge on any atom is -0.444 e. The number of carbonyl (C=O) groups excluding carboxylic acids is 1. The number of benzene rings is 2. The molecule has 0 atom stereocenters. The van der Waals surface area contributed by atoms with Crippen molar-refractivity contribution in [1.29, 1.82) is 0 Å². The highest BCUT2D eigenvalue weighted by Gasteiger charge is 2.19. The molecule has 1 amide bonds. The Kier molecular flexibility index (Phi) is 4.75. The average Bonchev–Trinajstić information content (AvgIpc) is 3.14. The quantitative estimate of drug-likeness (QED) is 0.700. The Morgan fingerprint density at radius 3 is 2.38 bits per heavy atom. The van der Waals surface area contributed by atoms with E-state index in [0.717, 1.165) is 11.1 Å². The van der Waals surface area contributed by atoms with Crippen LogP contribution in [0.15, 0.2) is 71.6 Å². The third-order valence-corrected chi connectivity index (χ3v) is 3.93. The maximum atomic E-state index is 12.9. The van der Waals surface area contributed by atoms with Gasteiger partial charge >= 0.3 is 0 Å². The second kappa shape index (κ2) is 7.13. The summed E-state index contributed by atoms with van der Waals surface area (Å²) in [5.41, 5.74) is 2.70. The molecule has 4 nitrogen and oxygen atoms in total. The topological polar surface area (TPSA) is 46.3 Å². The third kappa shape index (κ3) is 3.54. The van der Waals surface area contributed by atoms with Crippen LogP contribution in [-0.2, 0) is 6.54 Å². The molecule has 24 heavy (non-hydrogen) atoms. The Bertz CT molecular complexity index is 778. The first-order valence-electron chi connectivity index (χ1n) is 7.99. The van der Waals surface area contributed by atoms with Gasteiger partial charge in [-0.25, -0.2) is 4.98 Å². The van der Waals surface area contributed by atoms with Crippen molar-refractivity contribution < 1.29 is 9.21 Å². The van der Waals surface area contributed by atoms with Gasteiger partial charge in [0.15, 0.2) is 12.2 Å². The minimum atomic E-state index is 0.0259. The second-order valence-electron chi connectivity index (χ2n) is 5.96. The fraction of sp³-hybridized carbons (Fsp3) is 0.200. The molecule has 0 aliphatic carbocycles. The Morgan fingerprint density at radius 1 is 1.08 bits per heavy atom. The van der Waals surface area contributed by atoms with Gasteiger partial charge in [-0.3, -0.25) is 4.79 Å². The van der Waals surface area contributed by atoms with Crippen molar-refractivity contribution in [3.63, 3.8) is 0 Å². The van der Waals surface area contributed by atoms with Gasteiger partial charge in [-0.05, 0) is 31.5 Å². The van der Waals surface area contributed by atoms with Crippen molar-refractivity contribution in [2.24, 2.45) is 0 Å². The molecule has 0 bridgehead atoms. The predicted octanol–water partition coefficient (Wildman–Crippen LogP) is 4.39. The molecule has 3 rings (SSSR count). The summed E-state index contributed by atoms with van der Waals surface area (Å²) >= 11 is 0. The van der Waals surface area contributed by atoms with Gasteiger partial charge in [0.2, 0.25) is 0 Å². The molecule has 0 aliphatic rings. The molecular formula is C20H20N2O2. The number of rotatable bonds is 5. The summed E-state index contributed by atoms with van der Waals surface area (Å²) in [6, 6.07) is 17.6. The minimum absolute atomic E-state index is 0.0259. The smallest absolute Gasteiger partial charge is 0.254 e. The van der Waals surface area contributed by atoms with Gasteiger partial charge in [0, 0.05) is 23.7 Å². The number of hydrogen-bond acceptors (Lipinski definition) is 3. The van der Waals surface area contributed by atoms with Crippen LogP contribution in [0.4, 0.5) is 0 Å². The monoisotopic (exact) mass is 320 g/mol. The highest BCUT2D eigenvalue weighted by molar-refractivity contribution is 5.94. The van der Waals surface area contributed by atoms with E-state index < -0.39 is 0 Å². The number of carbonyl (C=O) groups is 1. The van der Waals surface area contributed by atoms with Crippen LogP contribution >= 0.6 is 0 Å². The summed E-state index contributed by atoms with van der Waals surface area (Å²) in [7, 11) is 0. The van der Waals surface area contributed by atoms with Crippen LogP contribution in [-0.4, -0.2) is 21.8 Å². The maximum absolute atomic E-state index is 12.9. The average molecular weight is 320 g/mol. The van der Waals surface area contributed by atoms with E-state index >= 15 is 0 Å². The molecular weight excluding hydrogens is 300 g/mol. The molecule has 1 heterocycles. The van der Waals surface area contributed by atoms with E-state index in [2.05, 4.69) is 4.98 Å². The zero-order chi connectivity index (χ0) is 16.9. The van der Waals surface area contributed by atoms with E-state index in [4.69, 9.17) is 4.42 Å². The molecule has 0 spiro atoms. The van der Waals surface area contributed by atoms with Gasteiger partial charge in [-0.2, -0.15) is 0 Å². The first-order valence-corrected chi connectivity index (χ1v) is 7.99. The van der Waals surface area contributed by atoms with E-state index in [0.29, 0.717) is 17.9 Å². The van der Waals surface area contributed by atoms with Crippen LogP contribution in [0.3, 0.4) is 0 Å². The van der Waals surface area contributed by atoms with E-state index in [1.54, 1.807) is 6.20 Å². The first-order chi connectivity index (χ1) is 11.6. The molecule has 2 aromatic carbocycles. The van der Waals surface area contributed by atoms with Crippen LogP contribution < -0.4 is 0 Å². The van der Waals surface area contributed by atoms with Gasteiger partial charge in [-0.1, -0.05) is 42.5 Å². The highest BCUT2D eigenvalue weighted by Crippen LogP contribution is 2.20. The van der Waals surface area contributed by atoms with Crippen LogP contribution in [0, 0.1) is 0 Å². The summed E-state index contributed by atoms with van der Waals surface area (Å²) in [6.07, 6.45) is 3.06. The normalized spacial score (nSPS) is 10.8. The Balaban J connectivity index is 1.80. The molecule has 0 aliphatic heterocycles. The fourth-order valence-electron chi connectivity index (χ4n) is 2.57. The number of amides is 1. The summed E-state index contributed by atoms with van der Waals surface area (Å²) in [5, 5.41) is 0. The Labute approximate surface area is 141 Å². The van der Waals surface area contributed by atoms with Crippen molar-refractivity contribution in [1.82, 2.24) is 9.88 Å². The van der Waals surface area contributed by atoms with Gasteiger partial charge in [0.05, 0.1) is 6.20 Å². The SMILES string of the molecule is CC(C)N(Cc1ccccc1)C(=O)c1ccc(-c2cnco2)cc1. The molecule has 3 aromatic rings. The Hall–Kier alpha value is -2.88. The molecule has 0 N–H and O–H groups in total. The van der Waals surface area contributed by atoms with Crippen molar-refractivity contribution in [2.45, 2.75) is 26.4 Å². The summed E-state index contributed by atoms with van der Waals surface area (Å²) < 4.78 is 5.28. The van der Waals surface area contributed by atoms with Crippen molar-refractivity contribution in [3.05, 3.63) is 78.3 Å². The zero-order valence-corrected chi connectivity index (χ0v) is 13.8. The second-order valence-corrected chi connectivity index (χ2v) is 5.96. The van der Waals surface area contributed by atoms with Crippen LogP contribution in [0.5, 0.6) is 0 Å². The molecule has 0 fully saturated rings. The predicted molar refractivity (Wildman–Crippen MR) is 93.4 cm³/mol. The summed E-state index contributed by atoms with van der Waals surface area (Å²) in [4.78, 5) is 18.7. The van der Waals surface area contributed by atoms with E-state index in [1.165, 1.54) is 6.39 Å². The Morgan fingerprint density at radius 2 is 1.79 bits per heavy atom. The first kappa shape index (κ1) is 16.0. The van der Waals surface area contributed by atoms with Gasteiger partial charge in [0.1, 0.15) is 0 Å². The zero-order valence-electron chi connectivity index (χ0n) is 13.8. The standard InChI is InChI=1S/C20H20N2O2/c1-15(2)22(13-16-6-4-3-5-7-16)20(23)18-10-8-17(9-11-18)19-12-21-14-24-19/h3-12,14-15H,13H2,1-2H3.